The third-order valence-electron chi connectivity index (χ3n) is 5.77. The molecule has 6 nitrogen and oxygen atoms in total. The van der Waals surface area contributed by atoms with Crippen molar-refractivity contribution in [2.24, 2.45) is 5.92 Å². The van der Waals surface area contributed by atoms with E-state index in [1.807, 2.05) is 20.8 Å². The highest BCUT2D eigenvalue weighted by atomic mass is 19.2. The Morgan fingerprint density at radius 1 is 1.26 bits per heavy atom. The van der Waals surface area contributed by atoms with Crippen molar-refractivity contribution in [3.05, 3.63) is 53.4 Å². The van der Waals surface area contributed by atoms with Crippen molar-refractivity contribution in [3.63, 3.8) is 0 Å². The van der Waals surface area contributed by atoms with Crippen LogP contribution in [0.3, 0.4) is 0 Å². The number of rotatable bonds is 6. The fourth-order valence-corrected chi connectivity index (χ4v) is 3.87. The van der Waals surface area contributed by atoms with E-state index in [9.17, 15) is 18.4 Å². The molecule has 166 valence electrons. The lowest BCUT2D eigenvalue weighted by Gasteiger charge is -2.26. The van der Waals surface area contributed by atoms with Gasteiger partial charge in [-0.3, -0.25) is 14.6 Å². The molecule has 0 spiro atoms. The number of hydrogen-bond donors (Lipinski definition) is 1. The average molecular weight is 432 g/mol. The topological polar surface area (TPSA) is 77.5 Å². The summed E-state index contributed by atoms with van der Waals surface area (Å²) in [5, 5.41) is 2.75. The normalized spacial score (nSPS) is 22.2. The van der Waals surface area contributed by atoms with E-state index in [1.165, 1.54) is 25.3 Å². The van der Waals surface area contributed by atoms with Gasteiger partial charge in [0, 0.05) is 30.3 Å². The molecule has 1 aromatic carbocycles. The fourth-order valence-electron chi connectivity index (χ4n) is 3.87. The third kappa shape index (κ3) is 4.44. The number of ketones is 1. The number of carbonyl (C=O) groups excluding carboxylic acids is 2. The van der Waals surface area contributed by atoms with E-state index in [0.717, 1.165) is 6.07 Å². The van der Waals surface area contributed by atoms with E-state index >= 15 is 0 Å². The highest BCUT2D eigenvalue weighted by Crippen LogP contribution is 2.49. The minimum atomic E-state index is -1.09. The third-order valence-corrected chi connectivity index (χ3v) is 5.77. The van der Waals surface area contributed by atoms with Gasteiger partial charge in [0.2, 0.25) is 5.82 Å². The van der Waals surface area contributed by atoms with Crippen molar-refractivity contribution in [2.45, 2.75) is 52.2 Å². The summed E-state index contributed by atoms with van der Waals surface area (Å²) in [6.07, 6.45) is 0.442. The Kier molecular flexibility index (Phi) is 6.40. The summed E-state index contributed by atoms with van der Waals surface area (Å²) in [6, 6.07) is 5.51. The van der Waals surface area contributed by atoms with Crippen molar-refractivity contribution in [3.8, 4) is 5.75 Å². The molecule has 0 bridgehead atoms. The lowest BCUT2D eigenvalue weighted by molar-refractivity contribution is -0.131. The molecule has 0 unspecified atom stereocenters. The Bertz CT molecular complexity index is 1010. The standard InChI is InChI=1S/C23H26F2N2O4/c1-6-30-20-15(7-8-16(24)19(20)25)18-12(2)23(4,5)31-21(18)22(29)27-14-9-10-26-17(11-14)13(3)28/h7-12,18,21H,6H2,1-5H3,(H,26,27,29)/t12-,18-,21-/m1/s1. The number of amides is 1. The molecule has 1 saturated heterocycles. The zero-order valence-corrected chi connectivity index (χ0v) is 18.2. The lowest BCUT2D eigenvalue weighted by atomic mass is 9.78. The van der Waals surface area contributed by atoms with Crippen LogP contribution in [0.1, 0.15) is 56.6 Å². The van der Waals surface area contributed by atoms with Gasteiger partial charge in [-0.2, -0.15) is 4.39 Å². The van der Waals surface area contributed by atoms with Crippen LogP contribution < -0.4 is 10.1 Å². The minimum Gasteiger partial charge on any atom is -0.490 e. The van der Waals surface area contributed by atoms with Crippen LogP contribution >= 0.6 is 0 Å². The van der Waals surface area contributed by atoms with Crippen molar-refractivity contribution in [1.29, 1.82) is 0 Å². The summed E-state index contributed by atoms with van der Waals surface area (Å²) < 4.78 is 39.9. The smallest absolute Gasteiger partial charge is 0.254 e. The van der Waals surface area contributed by atoms with E-state index in [1.54, 1.807) is 13.0 Å². The number of aromatic nitrogens is 1. The van der Waals surface area contributed by atoms with Crippen LogP contribution in [0.4, 0.5) is 14.5 Å². The van der Waals surface area contributed by atoms with Crippen molar-refractivity contribution in [2.75, 3.05) is 11.9 Å². The molecule has 0 radical (unpaired) electrons. The molecule has 1 aliphatic heterocycles. The Morgan fingerprint density at radius 2 is 1.97 bits per heavy atom. The molecular weight excluding hydrogens is 406 g/mol. The van der Waals surface area contributed by atoms with Gasteiger partial charge in [0.1, 0.15) is 11.8 Å². The summed E-state index contributed by atoms with van der Waals surface area (Å²) in [6.45, 7) is 8.78. The molecule has 1 fully saturated rings. The monoisotopic (exact) mass is 432 g/mol. The minimum absolute atomic E-state index is 0.139. The van der Waals surface area contributed by atoms with Gasteiger partial charge >= 0.3 is 0 Å². The zero-order valence-electron chi connectivity index (χ0n) is 18.2. The summed E-state index contributed by atoms with van der Waals surface area (Å²) >= 11 is 0. The number of nitrogens with zero attached hydrogens (tertiary/aromatic N) is 1. The first-order chi connectivity index (χ1) is 14.6. The number of pyridine rings is 1. The Morgan fingerprint density at radius 3 is 2.61 bits per heavy atom. The molecule has 2 aromatic rings. The average Bonchev–Trinajstić information content (AvgIpc) is 2.96. The second-order valence-corrected chi connectivity index (χ2v) is 8.14. The summed E-state index contributed by atoms with van der Waals surface area (Å²) in [7, 11) is 0. The Labute approximate surface area is 180 Å². The van der Waals surface area contributed by atoms with Crippen molar-refractivity contribution in [1.82, 2.24) is 4.98 Å². The fraction of sp³-hybridized carbons (Fsp3) is 0.435. The number of carbonyl (C=O) groups is 2. The van der Waals surface area contributed by atoms with E-state index in [-0.39, 0.29) is 29.8 Å². The summed E-state index contributed by atoms with van der Waals surface area (Å²) in [5.41, 5.74) is 0.275. The Balaban J connectivity index is 1.99. The molecule has 3 atom stereocenters. The number of halogens is 2. The van der Waals surface area contributed by atoms with Crippen LogP contribution in [0.25, 0.3) is 0 Å². The molecule has 0 saturated carbocycles. The largest absolute Gasteiger partial charge is 0.490 e. The van der Waals surface area contributed by atoms with E-state index in [2.05, 4.69) is 10.3 Å². The van der Waals surface area contributed by atoms with Gasteiger partial charge in [0.25, 0.3) is 5.91 Å². The van der Waals surface area contributed by atoms with E-state index in [0.29, 0.717) is 11.3 Å². The molecule has 0 aliphatic carbocycles. The van der Waals surface area contributed by atoms with Gasteiger partial charge in [-0.05, 0) is 44.9 Å². The maximum atomic E-state index is 14.5. The maximum Gasteiger partial charge on any atom is 0.254 e. The molecule has 1 N–H and O–H groups in total. The number of ether oxygens (including phenoxy) is 2. The number of anilines is 1. The van der Waals surface area contributed by atoms with E-state index < -0.39 is 35.2 Å². The first-order valence-corrected chi connectivity index (χ1v) is 10.1. The molecule has 1 aromatic heterocycles. The van der Waals surface area contributed by atoms with Gasteiger partial charge in [-0.1, -0.05) is 13.0 Å². The highest BCUT2D eigenvalue weighted by Gasteiger charge is 2.51. The van der Waals surface area contributed by atoms with Crippen LogP contribution in [0, 0.1) is 17.6 Å². The van der Waals surface area contributed by atoms with Gasteiger partial charge in [-0.15, -0.1) is 0 Å². The second-order valence-electron chi connectivity index (χ2n) is 8.14. The molecule has 2 heterocycles. The van der Waals surface area contributed by atoms with Gasteiger partial charge in [0.15, 0.2) is 17.3 Å². The first kappa shape index (κ1) is 22.8. The molecule has 1 aliphatic rings. The molecule has 31 heavy (non-hydrogen) atoms. The predicted octanol–water partition coefficient (Wildman–Crippen LogP) is 4.50. The maximum absolute atomic E-state index is 14.5. The lowest BCUT2D eigenvalue weighted by Crippen LogP contribution is -2.33. The van der Waals surface area contributed by atoms with Gasteiger partial charge < -0.3 is 14.8 Å². The number of hydrogen-bond acceptors (Lipinski definition) is 5. The quantitative estimate of drug-likeness (QED) is 0.681. The van der Waals surface area contributed by atoms with Gasteiger partial charge in [0.05, 0.1) is 12.2 Å². The van der Waals surface area contributed by atoms with Crippen molar-refractivity contribution < 1.29 is 27.8 Å². The van der Waals surface area contributed by atoms with Crippen LogP contribution in [0.15, 0.2) is 30.5 Å². The van der Waals surface area contributed by atoms with Gasteiger partial charge in [-0.25, -0.2) is 4.39 Å². The number of nitrogens with one attached hydrogen (secondary N) is 1. The first-order valence-electron chi connectivity index (χ1n) is 10.1. The Hall–Kier alpha value is -2.87. The summed E-state index contributed by atoms with van der Waals surface area (Å²) in [5.74, 6) is -3.80. The molecule has 8 heteroatoms. The van der Waals surface area contributed by atoms with E-state index in [4.69, 9.17) is 9.47 Å². The number of benzene rings is 1. The van der Waals surface area contributed by atoms with Crippen LogP contribution in [-0.2, 0) is 9.53 Å². The SMILES string of the molecule is CCOc1c([C@H]2[C@@H](C)C(C)(C)O[C@H]2C(=O)Nc2ccnc(C(C)=O)c2)ccc(F)c1F. The molecule has 3 rings (SSSR count). The highest BCUT2D eigenvalue weighted by molar-refractivity contribution is 5.97. The van der Waals surface area contributed by atoms with Crippen LogP contribution in [0.5, 0.6) is 5.75 Å². The number of Topliss-reactive ketones (excluding diaryl/α,β-unsaturated/α-hetero) is 1. The summed E-state index contributed by atoms with van der Waals surface area (Å²) in [4.78, 5) is 28.7. The molecular formula is C23H26F2N2O4. The zero-order chi connectivity index (χ0) is 22.9. The second kappa shape index (κ2) is 8.70. The van der Waals surface area contributed by atoms with Crippen molar-refractivity contribution >= 4 is 17.4 Å². The van der Waals surface area contributed by atoms with Crippen LogP contribution in [-0.4, -0.2) is 35.0 Å². The predicted molar refractivity (Wildman–Crippen MR) is 111 cm³/mol. The van der Waals surface area contributed by atoms with Crippen LogP contribution in [0.2, 0.25) is 0 Å². The molecule has 1 amide bonds.